The van der Waals surface area contributed by atoms with Crippen LogP contribution in [-0.4, -0.2) is 0 Å². The van der Waals surface area contributed by atoms with Gasteiger partial charge in [0, 0.05) is 4.43 Å². The second kappa shape index (κ2) is 5.36. The predicted molar refractivity (Wildman–Crippen MR) is 63.2 cm³/mol. The van der Waals surface area contributed by atoms with Crippen molar-refractivity contribution in [2.24, 2.45) is 0 Å². The minimum Gasteiger partial charge on any atom is -0.0839 e. The lowest BCUT2D eigenvalue weighted by Gasteiger charge is -2.00. The van der Waals surface area contributed by atoms with Gasteiger partial charge in [-0.15, -0.1) is 0 Å². The van der Waals surface area contributed by atoms with Crippen molar-refractivity contribution in [3.05, 3.63) is 48.4 Å². The second-order valence-corrected chi connectivity index (χ2v) is 3.29. The average Bonchev–Trinajstić information content (AvgIpc) is 2.15. The number of benzene rings is 1. The third-order valence-electron chi connectivity index (χ3n) is 1.66. The van der Waals surface area contributed by atoms with Crippen LogP contribution in [0, 0.1) is 6.92 Å². The largest absolute Gasteiger partial charge is 0.0839 e. The fourth-order valence-electron chi connectivity index (χ4n) is 1.03. The van der Waals surface area contributed by atoms with Crippen molar-refractivity contribution in [2.75, 3.05) is 0 Å². The molecule has 0 bridgehead atoms. The SMILES string of the molecule is [CH2]C/C=C/c1ccccc1CI. The molecule has 0 saturated carbocycles. The maximum Gasteiger partial charge on any atom is 0.0253 e. The summed E-state index contributed by atoms with van der Waals surface area (Å²) in [5.74, 6) is 0. The van der Waals surface area contributed by atoms with Gasteiger partial charge in [-0.25, -0.2) is 0 Å². The summed E-state index contributed by atoms with van der Waals surface area (Å²) < 4.78 is 1.06. The summed E-state index contributed by atoms with van der Waals surface area (Å²) in [4.78, 5) is 0. The van der Waals surface area contributed by atoms with Gasteiger partial charge < -0.3 is 0 Å². The van der Waals surface area contributed by atoms with E-state index in [1.807, 2.05) is 0 Å². The van der Waals surface area contributed by atoms with E-state index in [-0.39, 0.29) is 0 Å². The molecule has 0 amide bonds. The van der Waals surface area contributed by atoms with Crippen LogP contribution >= 0.6 is 22.6 Å². The molecule has 0 aliphatic rings. The molecule has 63 valence electrons. The first kappa shape index (κ1) is 9.78. The van der Waals surface area contributed by atoms with E-state index in [0.29, 0.717) is 0 Å². The Morgan fingerprint density at radius 1 is 1.33 bits per heavy atom. The van der Waals surface area contributed by atoms with Crippen LogP contribution in [0.25, 0.3) is 6.08 Å². The molecule has 1 rings (SSSR count). The van der Waals surface area contributed by atoms with Crippen molar-refractivity contribution in [2.45, 2.75) is 10.8 Å². The molecule has 0 aromatic heterocycles. The van der Waals surface area contributed by atoms with Crippen LogP contribution in [0.1, 0.15) is 17.5 Å². The molecular formula is C11H12I. The Balaban J connectivity index is 2.89. The maximum absolute atomic E-state index is 3.77. The van der Waals surface area contributed by atoms with Crippen molar-refractivity contribution in [3.63, 3.8) is 0 Å². The summed E-state index contributed by atoms with van der Waals surface area (Å²) in [6.07, 6.45) is 5.09. The van der Waals surface area contributed by atoms with Crippen molar-refractivity contribution in [3.8, 4) is 0 Å². The molecule has 0 nitrogen and oxygen atoms in total. The van der Waals surface area contributed by atoms with E-state index in [4.69, 9.17) is 0 Å². The smallest absolute Gasteiger partial charge is 0.0253 e. The van der Waals surface area contributed by atoms with Gasteiger partial charge in [-0.1, -0.05) is 59.0 Å². The van der Waals surface area contributed by atoms with Crippen LogP contribution in [0.3, 0.4) is 0 Å². The Labute approximate surface area is 87.8 Å². The number of rotatable bonds is 3. The van der Waals surface area contributed by atoms with Gasteiger partial charge in [0.1, 0.15) is 0 Å². The van der Waals surface area contributed by atoms with Gasteiger partial charge in [0.2, 0.25) is 0 Å². The molecule has 0 aliphatic carbocycles. The molecule has 0 fully saturated rings. The third-order valence-corrected chi connectivity index (χ3v) is 2.48. The Kier molecular flexibility index (Phi) is 4.36. The molecule has 0 aliphatic heterocycles. The van der Waals surface area contributed by atoms with Gasteiger partial charge in [0.05, 0.1) is 0 Å². The van der Waals surface area contributed by atoms with Crippen LogP contribution in [0.15, 0.2) is 30.3 Å². The molecule has 0 N–H and O–H groups in total. The van der Waals surface area contributed by atoms with Crippen molar-refractivity contribution in [1.29, 1.82) is 0 Å². The first-order valence-electron chi connectivity index (χ1n) is 3.98. The van der Waals surface area contributed by atoms with Crippen LogP contribution in [0.4, 0.5) is 0 Å². The third kappa shape index (κ3) is 2.63. The van der Waals surface area contributed by atoms with Gasteiger partial charge in [0.25, 0.3) is 0 Å². The van der Waals surface area contributed by atoms with Gasteiger partial charge in [-0.2, -0.15) is 0 Å². The van der Waals surface area contributed by atoms with Gasteiger partial charge in [-0.05, 0) is 24.5 Å². The summed E-state index contributed by atoms with van der Waals surface area (Å²) >= 11 is 2.38. The standard InChI is InChI=1S/C11H12I/c1-2-3-6-10-7-4-5-8-11(10)9-12/h3-8H,1-2,9H2/b6-3+. The second-order valence-electron chi connectivity index (χ2n) is 2.52. The highest BCUT2D eigenvalue weighted by molar-refractivity contribution is 14.1. The van der Waals surface area contributed by atoms with Gasteiger partial charge >= 0.3 is 0 Å². The number of alkyl halides is 1. The number of hydrogen-bond donors (Lipinski definition) is 0. The van der Waals surface area contributed by atoms with E-state index in [0.717, 1.165) is 10.8 Å². The first-order valence-corrected chi connectivity index (χ1v) is 5.50. The Hall–Kier alpha value is -0.310. The van der Waals surface area contributed by atoms with E-state index >= 15 is 0 Å². The highest BCUT2D eigenvalue weighted by Gasteiger charge is 1.93. The molecule has 0 atom stereocenters. The minimum absolute atomic E-state index is 0.857. The molecule has 1 aromatic carbocycles. The quantitative estimate of drug-likeness (QED) is 0.578. The maximum atomic E-state index is 3.77. The zero-order chi connectivity index (χ0) is 8.81. The molecule has 0 unspecified atom stereocenters. The van der Waals surface area contributed by atoms with Crippen LogP contribution in [0.2, 0.25) is 0 Å². The van der Waals surface area contributed by atoms with Crippen LogP contribution in [0.5, 0.6) is 0 Å². The summed E-state index contributed by atoms with van der Waals surface area (Å²) in [6.45, 7) is 3.77. The molecule has 0 spiro atoms. The highest BCUT2D eigenvalue weighted by Crippen LogP contribution is 2.14. The van der Waals surface area contributed by atoms with Crippen LogP contribution in [-0.2, 0) is 4.43 Å². The molecular weight excluding hydrogens is 259 g/mol. The summed E-state index contributed by atoms with van der Waals surface area (Å²) in [5.41, 5.74) is 2.71. The monoisotopic (exact) mass is 271 g/mol. The Morgan fingerprint density at radius 3 is 2.75 bits per heavy atom. The minimum atomic E-state index is 0.857. The fraction of sp³-hybridized carbons (Fsp3) is 0.182. The summed E-state index contributed by atoms with van der Waals surface area (Å²) in [6, 6.07) is 8.45. The lowest BCUT2D eigenvalue weighted by Crippen LogP contribution is -1.81. The number of hydrogen-bond acceptors (Lipinski definition) is 0. The van der Waals surface area contributed by atoms with E-state index in [9.17, 15) is 0 Å². The molecule has 0 saturated heterocycles. The Morgan fingerprint density at radius 2 is 2.08 bits per heavy atom. The van der Waals surface area contributed by atoms with Gasteiger partial charge in [-0.3, -0.25) is 0 Å². The van der Waals surface area contributed by atoms with E-state index in [1.165, 1.54) is 11.1 Å². The number of allylic oxidation sites excluding steroid dienone is 1. The molecule has 0 heterocycles. The van der Waals surface area contributed by atoms with Crippen molar-refractivity contribution in [1.82, 2.24) is 0 Å². The van der Waals surface area contributed by atoms with Crippen molar-refractivity contribution >= 4 is 28.7 Å². The lowest BCUT2D eigenvalue weighted by molar-refractivity contribution is 1.39. The van der Waals surface area contributed by atoms with Crippen LogP contribution < -0.4 is 0 Å². The fourth-order valence-corrected chi connectivity index (χ4v) is 1.72. The molecule has 12 heavy (non-hydrogen) atoms. The topological polar surface area (TPSA) is 0 Å². The normalized spacial score (nSPS) is 10.8. The van der Waals surface area contributed by atoms with E-state index in [2.05, 4.69) is 65.9 Å². The molecule has 1 heteroatoms. The lowest BCUT2D eigenvalue weighted by atomic mass is 10.1. The highest BCUT2D eigenvalue weighted by atomic mass is 127. The van der Waals surface area contributed by atoms with E-state index < -0.39 is 0 Å². The summed E-state index contributed by atoms with van der Waals surface area (Å²) in [5, 5.41) is 0. The van der Waals surface area contributed by atoms with Crippen molar-refractivity contribution < 1.29 is 0 Å². The van der Waals surface area contributed by atoms with E-state index in [1.54, 1.807) is 0 Å². The predicted octanol–water partition coefficient (Wildman–Crippen LogP) is 3.86. The zero-order valence-electron chi connectivity index (χ0n) is 6.96. The average molecular weight is 271 g/mol. The molecule has 1 aromatic rings. The molecule has 1 radical (unpaired) electrons. The summed E-state index contributed by atoms with van der Waals surface area (Å²) in [7, 11) is 0. The number of halogens is 1. The first-order chi connectivity index (χ1) is 5.88. The Bertz CT molecular complexity index is 263. The van der Waals surface area contributed by atoms with Gasteiger partial charge in [0.15, 0.2) is 0 Å². The zero-order valence-corrected chi connectivity index (χ0v) is 9.12.